The van der Waals surface area contributed by atoms with E-state index in [4.69, 9.17) is 9.57 Å². The van der Waals surface area contributed by atoms with Crippen molar-refractivity contribution in [3.05, 3.63) is 122 Å². The van der Waals surface area contributed by atoms with Crippen LogP contribution < -0.4 is 4.73 Å². The van der Waals surface area contributed by atoms with Crippen molar-refractivity contribution in [1.29, 1.82) is 0 Å². The second-order valence-electron chi connectivity index (χ2n) is 21.1. The van der Waals surface area contributed by atoms with Gasteiger partial charge in [-0.05, 0) is 141 Å². The average Bonchev–Trinajstić information content (AvgIpc) is 3.38. The lowest BCUT2D eigenvalue weighted by Gasteiger charge is -2.52. The number of hydrogen-bond acceptors (Lipinski definition) is 11. The summed E-state index contributed by atoms with van der Waals surface area (Å²) in [6, 6.07) is 15.6. The van der Waals surface area contributed by atoms with Gasteiger partial charge in [0.15, 0.2) is 0 Å². The number of ether oxygens (including phenoxy) is 1. The van der Waals surface area contributed by atoms with E-state index in [9.17, 15) is 28.0 Å². The molecule has 1 N–H and O–H groups in total. The van der Waals surface area contributed by atoms with Gasteiger partial charge in [0, 0.05) is 98.2 Å². The number of piperazine rings is 1. The molecule has 2 aromatic carbocycles. The molecule has 4 aromatic rings. The number of pyridine rings is 1. The highest BCUT2D eigenvalue weighted by Crippen LogP contribution is 2.37. The molecule has 0 aliphatic carbocycles. The summed E-state index contributed by atoms with van der Waals surface area (Å²) in [5.74, 6) is 0.383. The standard InChI is InChI=1S/C28H38BrN4O3.C28H38F3N5O2/c1-5-36-30-26(22-6-8-24(29)9-7-22)23-11-15-32(16-12-23)28(4)13-18-31(19-14-28)27(34)25-20(2)10-17-33(35)21(25)3;1-19-16-35(14-15-36(19)24(17-38-5)22-6-8-23(9-7-22)28(29,30)31)27(4)10-12-34(13-11-27)26(37)25-20(2)32-18-33-21(25)3/h6-10,17,23,35H,5,11-16,18-19H2,1-4H3;6-9,18-19,24H,10-17H2,1-5H3/q+1;/b30-26+;/t;19-,24-/m.0/s1. The van der Waals surface area contributed by atoms with E-state index in [0.717, 1.165) is 128 Å². The van der Waals surface area contributed by atoms with Crippen LogP contribution in [0, 0.1) is 33.6 Å². The Morgan fingerprint density at radius 1 is 0.811 bits per heavy atom. The minimum atomic E-state index is -4.35. The van der Waals surface area contributed by atoms with Crippen LogP contribution in [-0.4, -0.2) is 154 Å². The van der Waals surface area contributed by atoms with Crippen molar-refractivity contribution in [1.82, 2.24) is 34.5 Å². The van der Waals surface area contributed by atoms with E-state index in [1.807, 2.05) is 37.5 Å². The Hall–Kier alpha value is -5.01. The quantitative estimate of drug-likeness (QED) is 0.0635. The Balaban J connectivity index is 0.000000217. The summed E-state index contributed by atoms with van der Waals surface area (Å²) in [7, 11) is 1.62. The molecule has 0 unspecified atom stereocenters. The van der Waals surface area contributed by atoms with Gasteiger partial charge in [0.25, 0.3) is 11.8 Å². The largest absolute Gasteiger partial charge is 0.416 e. The number of benzene rings is 2. The van der Waals surface area contributed by atoms with Crippen molar-refractivity contribution < 1.29 is 42.3 Å². The van der Waals surface area contributed by atoms with Crippen LogP contribution in [0.5, 0.6) is 0 Å². The average molecular weight is 1090 g/mol. The molecule has 8 rings (SSSR count). The highest BCUT2D eigenvalue weighted by atomic mass is 79.9. The monoisotopic (exact) mass is 1090 g/mol. The number of hydrogen-bond donors (Lipinski definition) is 1. The summed E-state index contributed by atoms with van der Waals surface area (Å²) in [6.45, 7) is 24.4. The number of carbonyl (C=O) groups excluding carboxylic acids is 2. The number of oxime groups is 1. The SMILES string of the molecule is CCO/N=C(\c1ccc(Br)cc1)C1CCN(C2(C)CCN(C(=O)c3c(C)cc[n+](O)c3C)CC2)CC1.COC[C@@H](c1ccc(C(F)(F)F)cc1)N1CCN(C2(C)CCN(C(=O)c3c(C)ncnc3C)CC2)C[C@@H]1C. The zero-order valence-corrected chi connectivity index (χ0v) is 46.3. The summed E-state index contributed by atoms with van der Waals surface area (Å²) in [5, 5.41) is 14.6. The van der Waals surface area contributed by atoms with Crippen LogP contribution in [0.3, 0.4) is 0 Å². The third-order valence-corrected chi connectivity index (χ3v) is 16.9. The van der Waals surface area contributed by atoms with Crippen molar-refractivity contribution >= 4 is 33.5 Å². The molecule has 14 nitrogen and oxygen atoms in total. The van der Waals surface area contributed by atoms with Crippen LogP contribution >= 0.6 is 15.9 Å². The van der Waals surface area contributed by atoms with E-state index >= 15 is 0 Å². The number of methoxy groups -OCH3 is 1. The minimum Gasteiger partial charge on any atom is -0.396 e. The van der Waals surface area contributed by atoms with Gasteiger partial charge in [-0.2, -0.15) is 13.2 Å². The molecule has 2 aromatic heterocycles. The van der Waals surface area contributed by atoms with E-state index in [0.29, 0.717) is 60.4 Å². The summed E-state index contributed by atoms with van der Waals surface area (Å²) in [5.41, 5.74) is 6.52. The molecule has 0 saturated carbocycles. The van der Waals surface area contributed by atoms with Gasteiger partial charge in [-0.25, -0.2) is 9.97 Å². The molecule has 4 saturated heterocycles. The molecule has 4 aliphatic rings. The van der Waals surface area contributed by atoms with Crippen molar-refractivity contribution in [2.75, 3.05) is 79.2 Å². The molecule has 2 amide bonds. The van der Waals surface area contributed by atoms with Crippen LogP contribution in [0.2, 0.25) is 0 Å². The number of amides is 2. The summed E-state index contributed by atoms with van der Waals surface area (Å²) in [6.07, 6.45) is 4.44. The number of aryl methyl sites for hydroxylation is 3. The van der Waals surface area contributed by atoms with Crippen LogP contribution in [0.4, 0.5) is 13.2 Å². The van der Waals surface area contributed by atoms with Crippen molar-refractivity contribution in [3.63, 3.8) is 0 Å². The first-order valence-electron chi connectivity index (χ1n) is 26.1. The molecule has 0 radical (unpaired) electrons. The molecular formula is C56H76BrF3N9O5+. The van der Waals surface area contributed by atoms with E-state index < -0.39 is 11.7 Å². The number of piperidine rings is 3. The van der Waals surface area contributed by atoms with Gasteiger partial charge in [0.2, 0.25) is 11.9 Å². The zero-order chi connectivity index (χ0) is 53.5. The topological polar surface area (TPSA) is 131 Å². The normalized spacial score (nSPS) is 20.7. The highest BCUT2D eigenvalue weighted by Gasteiger charge is 2.43. The minimum absolute atomic E-state index is 0.000198. The molecule has 6 heterocycles. The molecule has 4 fully saturated rings. The van der Waals surface area contributed by atoms with Crippen LogP contribution in [0.25, 0.3) is 0 Å². The Morgan fingerprint density at radius 3 is 1.89 bits per heavy atom. The second kappa shape index (κ2) is 24.3. The Morgan fingerprint density at radius 2 is 1.36 bits per heavy atom. The number of alkyl halides is 3. The molecule has 0 spiro atoms. The lowest BCUT2D eigenvalue weighted by atomic mass is 9.82. The summed E-state index contributed by atoms with van der Waals surface area (Å²) < 4.78 is 46.8. The van der Waals surface area contributed by atoms with Gasteiger partial charge in [0.1, 0.15) is 18.5 Å². The second-order valence-corrected chi connectivity index (χ2v) is 22.0. The molecule has 2 atom stereocenters. The lowest BCUT2D eigenvalue weighted by molar-refractivity contribution is -0.908. The molecule has 74 heavy (non-hydrogen) atoms. The number of nitrogens with zero attached hydrogens (tertiary/aromatic N) is 9. The summed E-state index contributed by atoms with van der Waals surface area (Å²) in [4.78, 5) is 51.8. The van der Waals surface area contributed by atoms with E-state index in [1.165, 1.54) is 6.33 Å². The smallest absolute Gasteiger partial charge is 0.396 e. The van der Waals surface area contributed by atoms with Crippen LogP contribution in [-0.2, 0) is 15.8 Å². The maximum atomic E-state index is 13.3. The van der Waals surface area contributed by atoms with Gasteiger partial charge in [-0.15, -0.1) is 0 Å². The number of likely N-dealkylation sites (tertiary alicyclic amines) is 3. The summed E-state index contributed by atoms with van der Waals surface area (Å²) >= 11 is 3.52. The third-order valence-electron chi connectivity index (χ3n) is 16.3. The first-order valence-corrected chi connectivity index (χ1v) is 26.9. The molecule has 4 aliphatic heterocycles. The van der Waals surface area contributed by atoms with Gasteiger partial charge < -0.3 is 19.4 Å². The van der Waals surface area contributed by atoms with E-state index in [2.05, 4.69) is 90.8 Å². The Labute approximate surface area is 444 Å². The highest BCUT2D eigenvalue weighted by molar-refractivity contribution is 9.10. The Kier molecular flexibility index (Phi) is 18.6. The molecule has 18 heteroatoms. The van der Waals surface area contributed by atoms with Crippen molar-refractivity contribution in [2.24, 2.45) is 11.1 Å². The van der Waals surface area contributed by atoms with Gasteiger partial charge >= 0.3 is 6.18 Å². The van der Waals surface area contributed by atoms with Crippen LogP contribution in [0.1, 0.15) is 132 Å². The maximum absolute atomic E-state index is 13.3. The fourth-order valence-electron chi connectivity index (χ4n) is 11.5. The number of aromatic nitrogens is 3. The molecule has 402 valence electrons. The number of halogens is 4. The van der Waals surface area contributed by atoms with Crippen LogP contribution in [0.15, 0.2) is 76.7 Å². The zero-order valence-electron chi connectivity index (χ0n) is 44.7. The first kappa shape index (κ1) is 56.7. The van der Waals surface area contributed by atoms with Crippen molar-refractivity contribution in [3.8, 4) is 0 Å². The maximum Gasteiger partial charge on any atom is 0.416 e. The predicted molar refractivity (Wildman–Crippen MR) is 282 cm³/mol. The van der Waals surface area contributed by atoms with E-state index in [-0.39, 0.29) is 35.0 Å². The predicted octanol–water partition coefficient (Wildman–Crippen LogP) is 9.24. The van der Waals surface area contributed by atoms with Gasteiger partial charge in [-0.3, -0.25) is 29.5 Å². The Bertz CT molecular complexity index is 2560. The number of carbonyl (C=O) groups is 2. The first-order chi connectivity index (χ1) is 35.2. The third kappa shape index (κ3) is 13.0. The fourth-order valence-corrected chi connectivity index (χ4v) is 11.8. The van der Waals surface area contributed by atoms with Crippen molar-refractivity contribution in [2.45, 2.75) is 123 Å². The number of rotatable bonds is 12. The van der Waals surface area contributed by atoms with Gasteiger partial charge in [-0.1, -0.05) is 45.4 Å². The molecular weight excluding hydrogens is 1020 g/mol. The molecule has 0 bridgehead atoms. The fraction of sp³-hybridized carbons (Fsp3) is 0.571. The van der Waals surface area contributed by atoms with Gasteiger partial charge in [0.05, 0.1) is 40.9 Å². The lowest BCUT2D eigenvalue weighted by Crippen LogP contribution is -2.62. The van der Waals surface area contributed by atoms with E-state index in [1.54, 1.807) is 38.4 Å².